The van der Waals surface area contributed by atoms with E-state index in [1.165, 1.54) is 24.3 Å². The Labute approximate surface area is 137 Å². The zero-order valence-electron chi connectivity index (χ0n) is 11.7. The summed E-state index contributed by atoms with van der Waals surface area (Å²) in [5.41, 5.74) is 0.892. The highest BCUT2D eigenvalue weighted by Gasteiger charge is 2.14. The quantitative estimate of drug-likeness (QED) is 0.806. The smallest absolute Gasteiger partial charge is 0.163 e. The highest BCUT2D eigenvalue weighted by molar-refractivity contribution is 7.16. The fraction of sp³-hybridized carbons (Fsp3) is 0.267. The first-order chi connectivity index (χ1) is 9.86. The van der Waals surface area contributed by atoms with E-state index >= 15 is 0 Å². The summed E-state index contributed by atoms with van der Waals surface area (Å²) in [5.74, 6) is -0.202. The maximum atomic E-state index is 11.5. The first-order valence-electron chi connectivity index (χ1n) is 6.32. The van der Waals surface area contributed by atoms with Crippen LogP contribution in [0.3, 0.4) is 0 Å². The molecule has 21 heavy (non-hydrogen) atoms. The molecule has 0 saturated carbocycles. The summed E-state index contributed by atoms with van der Waals surface area (Å²) >= 11 is 13.4. The van der Waals surface area contributed by atoms with Gasteiger partial charge in [-0.1, -0.05) is 23.2 Å². The van der Waals surface area contributed by atoms with Crippen molar-refractivity contribution in [1.82, 2.24) is 4.90 Å². The summed E-state index contributed by atoms with van der Waals surface area (Å²) in [6.07, 6.45) is 0. The van der Waals surface area contributed by atoms with Crippen molar-refractivity contribution in [3.63, 3.8) is 0 Å². The van der Waals surface area contributed by atoms with Crippen LogP contribution < -0.4 is 0 Å². The van der Waals surface area contributed by atoms with Crippen LogP contribution in [-0.4, -0.2) is 22.8 Å². The number of thiophene rings is 1. The SMILES string of the molecule is CC(=O)c1cc(Cl)cc(CN(C)Cc2ccc(Cl)s2)c1O. The van der Waals surface area contributed by atoms with Crippen LogP contribution >= 0.6 is 34.5 Å². The number of carbonyl (C=O) groups is 1. The van der Waals surface area contributed by atoms with Crippen molar-refractivity contribution in [2.24, 2.45) is 0 Å². The second-order valence-electron chi connectivity index (χ2n) is 4.90. The molecule has 0 spiro atoms. The van der Waals surface area contributed by atoms with Crippen molar-refractivity contribution >= 4 is 40.3 Å². The fourth-order valence-electron chi connectivity index (χ4n) is 2.09. The lowest BCUT2D eigenvalue weighted by Crippen LogP contribution is -2.17. The lowest BCUT2D eigenvalue weighted by Gasteiger charge is -2.17. The number of carbonyl (C=O) groups excluding carboxylic acids is 1. The number of hydrogen-bond donors (Lipinski definition) is 1. The van der Waals surface area contributed by atoms with Crippen LogP contribution in [0.4, 0.5) is 0 Å². The zero-order valence-corrected chi connectivity index (χ0v) is 14.0. The molecule has 0 aliphatic heterocycles. The van der Waals surface area contributed by atoms with Gasteiger partial charge < -0.3 is 5.11 Å². The summed E-state index contributed by atoms with van der Waals surface area (Å²) in [4.78, 5) is 14.7. The van der Waals surface area contributed by atoms with Crippen LogP contribution in [-0.2, 0) is 13.1 Å². The van der Waals surface area contributed by atoms with Gasteiger partial charge in [-0.05, 0) is 38.2 Å². The van der Waals surface area contributed by atoms with Gasteiger partial charge in [0.05, 0.1) is 9.90 Å². The lowest BCUT2D eigenvalue weighted by atomic mass is 10.1. The Hall–Kier alpha value is -1.07. The Morgan fingerprint density at radius 2 is 2.00 bits per heavy atom. The third kappa shape index (κ3) is 4.20. The molecule has 1 aromatic heterocycles. The van der Waals surface area contributed by atoms with Gasteiger partial charge in [-0.2, -0.15) is 0 Å². The minimum Gasteiger partial charge on any atom is -0.507 e. The van der Waals surface area contributed by atoms with E-state index in [2.05, 4.69) is 0 Å². The number of phenolic OH excluding ortho intramolecular Hbond substituents is 1. The van der Waals surface area contributed by atoms with Crippen LogP contribution in [0.1, 0.15) is 27.7 Å². The van der Waals surface area contributed by atoms with Crippen LogP contribution in [0, 0.1) is 0 Å². The molecule has 3 nitrogen and oxygen atoms in total. The highest BCUT2D eigenvalue weighted by Crippen LogP contribution is 2.29. The van der Waals surface area contributed by atoms with Gasteiger partial charge in [0.15, 0.2) is 5.78 Å². The maximum absolute atomic E-state index is 11.5. The molecule has 0 amide bonds. The highest BCUT2D eigenvalue weighted by atomic mass is 35.5. The van der Waals surface area contributed by atoms with E-state index in [4.69, 9.17) is 23.2 Å². The van der Waals surface area contributed by atoms with Crippen molar-refractivity contribution in [3.8, 4) is 5.75 Å². The van der Waals surface area contributed by atoms with Crippen molar-refractivity contribution in [3.05, 3.63) is 49.6 Å². The summed E-state index contributed by atoms with van der Waals surface area (Å²) in [7, 11) is 1.93. The summed E-state index contributed by atoms with van der Waals surface area (Å²) in [6, 6.07) is 7.01. The molecular weight excluding hydrogens is 329 g/mol. The van der Waals surface area contributed by atoms with E-state index in [0.29, 0.717) is 23.7 Å². The van der Waals surface area contributed by atoms with E-state index in [0.717, 1.165) is 9.21 Å². The Morgan fingerprint density at radius 3 is 2.57 bits per heavy atom. The molecule has 2 aromatic rings. The molecular formula is C15H15Cl2NO2S. The molecule has 1 N–H and O–H groups in total. The molecule has 0 aliphatic rings. The Bertz CT molecular complexity index is 670. The second-order valence-corrected chi connectivity index (χ2v) is 7.13. The molecule has 0 aliphatic carbocycles. The zero-order chi connectivity index (χ0) is 15.6. The number of phenols is 1. The average molecular weight is 344 g/mol. The van der Waals surface area contributed by atoms with Crippen molar-refractivity contribution in [2.75, 3.05) is 7.05 Å². The molecule has 0 unspecified atom stereocenters. The van der Waals surface area contributed by atoms with E-state index < -0.39 is 0 Å². The molecule has 112 valence electrons. The number of rotatable bonds is 5. The van der Waals surface area contributed by atoms with Crippen LogP contribution in [0.5, 0.6) is 5.75 Å². The van der Waals surface area contributed by atoms with Gasteiger partial charge in [-0.25, -0.2) is 0 Å². The standard InChI is InChI=1S/C15H15Cl2NO2S/c1-9(19)13-6-11(16)5-10(15(13)20)7-18(2)8-12-3-4-14(17)21-12/h3-6,20H,7-8H2,1-2H3. The van der Waals surface area contributed by atoms with Crippen molar-refractivity contribution in [2.45, 2.75) is 20.0 Å². The van der Waals surface area contributed by atoms with Gasteiger partial charge >= 0.3 is 0 Å². The van der Waals surface area contributed by atoms with Gasteiger partial charge in [0.25, 0.3) is 0 Å². The Morgan fingerprint density at radius 1 is 1.29 bits per heavy atom. The number of aromatic hydroxyl groups is 1. The summed E-state index contributed by atoms with van der Waals surface area (Å²) in [5, 5.41) is 10.6. The van der Waals surface area contributed by atoms with Crippen LogP contribution in [0.25, 0.3) is 0 Å². The molecule has 0 fully saturated rings. The average Bonchev–Trinajstić information content (AvgIpc) is 2.78. The van der Waals surface area contributed by atoms with Gasteiger partial charge in [-0.3, -0.25) is 9.69 Å². The molecule has 0 saturated heterocycles. The molecule has 1 heterocycles. The van der Waals surface area contributed by atoms with Gasteiger partial charge in [-0.15, -0.1) is 11.3 Å². The normalized spacial score (nSPS) is 11.1. The monoisotopic (exact) mass is 343 g/mol. The van der Waals surface area contributed by atoms with E-state index in [1.54, 1.807) is 6.07 Å². The van der Waals surface area contributed by atoms with Crippen molar-refractivity contribution in [1.29, 1.82) is 0 Å². The van der Waals surface area contributed by atoms with E-state index in [1.807, 2.05) is 24.1 Å². The molecule has 6 heteroatoms. The number of Topliss-reactive ketones (excluding diaryl/α,β-unsaturated/α-hetero) is 1. The molecule has 0 atom stereocenters. The van der Waals surface area contributed by atoms with E-state index in [9.17, 15) is 9.90 Å². The predicted molar refractivity (Wildman–Crippen MR) is 87.6 cm³/mol. The van der Waals surface area contributed by atoms with Gasteiger partial charge in [0.1, 0.15) is 5.75 Å². The largest absolute Gasteiger partial charge is 0.507 e. The fourth-order valence-corrected chi connectivity index (χ4v) is 3.50. The minimum atomic E-state index is -0.205. The van der Waals surface area contributed by atoms with Crippen molar-refractivity contribution < 1.29 is 9.90 Å². The Kier molecular flexibility index (Phi) is 5.27. The van der Waals surface area contributed by atoms with E-state index in [-0.39, 0.29) is 17.1 Å². The third-order valence-electron chi connectivity index (χ3n) is 3.03. The Balaban J connectivity index is 2.17. The predicted octanol–water partition coefficient (Wildman–Crippen LogP) is 4.60. The lowest BCUT2D eigenvalue weighted by molar-refractivity contribution is 0.101. The van der Waals surface area contributed by atoms with Crippen LogP contribution in [0.2, 0.25) is 9.36 Å². The molecule has 2 rings (SSSR count). The number of nitrogens with zero attached hydrogens (tertiary/aromatic N) is 1. The number of hydrogen-bond acceptors (Lipinski definition) is 4. The van der Waals surface area contributed by atoms with Gasteiger partial charge in [0, 0.05) is 28.6 Å². The topological polar surface area (TPSA) is 40.5 Å². The van der Waals surface area contributed by atoms with Gasteiger partial charge in [0.2, 0.25) is 0 Å². The third-order valence-corrected chi connectivity index (χ3v) is 4.46. The number of benzene rings is 1. The number of ketones is 1. The first kappa shape index (κ1) is 16.3. The molecule has 0 bridgehead atoms. The summed E-state index contributed by atoms with van der Waals surface area (Å²) < 4.78 is 0.753. The first-order valence-corrected chi connectivity index (χ1v) is 7.89. The maximum Gasteiger partial charge on any atom is 0.163 e. The number of halogens is 2. The molecule has 0 radical (unpaired) electrons. The summed E-state index contributed by atoms with van der Waals surface area (Å²) in [6.45, 7) is 2.60. The van der Waals surface area contributed by atoms with Crippen LogP contribution in [0.15, 0.2) is 24.3 Å². The molecule has 1 aromatic carbocycles. The minimum absolute atomic E-state index is 0.00274. The second kappa shape index (κ2) is 6.79.